The Hall–Kier alpha value is -1.05. The molecule has 1 aromatic rings. The first-order valence-corrected chi connectivity index (χ1v) is 3.83. The van der Waals surface area contributed by atoms with Crippen molar-refractivity contribution >= 4 is 6.29 Å². The zero-order valence-electron chi connectivity index (χ0n) is 6.90. The average molecular weight is 151 g/mol. The summed E-state index contributed by atoms with van der Waals surface area (Å²) in [5.74, 6) is 0.0856. The molecule has 0 amide bonds. The molecule has 0 aromatic carbocycles. The second-order valence-corrected chi connectivity index (χ2v) is 2.87. The molecule has 0 aliphatic heterocycles. The highest BCUT2D eigenvalue weighted by Gasteiger charge is 2.10. The Morgan fingerprint density at radius 3 is 2.27 bits per heavy atom. The number of nitrogens with zero attached hydrogens (tertiary/aromatic N) is 1. The van der Waals surface area contributed by atoms with E-state index in [2.05, 4.69) is 0 Å². The van der Waals surface area contributed by atoms with Gasteiger partial charge < -0.3 is 9.36 Å². The van der Waals surface area contributed by atoms with Gasteiger partial charge in [-0.15, -0.1) is 0 Å². The third-order valence-electron chi connectivity index (χ3n) is 2.07. The van der Waals surface area contributed by atoms with Crippen molar-refractivity contribution in [1.82, 2.24) is 4.57 Å². The lowest BCUT2D eigenvalue weighted by atomic mass is 10.1. The van der Waals surface area contributed by atoms with Gasteiger partial charge in [-0.25, -0.2) is 0 Å². The lowest BCUT2D eigenvalue weighted by Gasteiger charge is -2.15. The van der Waals surface area contributed by atoms with Crippen LogP contribution in [0.4, 0.5) is 0 Å². The first-order valence-electron chi connectivity index (χ1n) is 3.83. The lowest BCUT2D eigenvalue weighted by molar-refractivity contribution is -0.111. The molecule has 0 aliphatic rings. The number of carbonyl (C=O) groups is 1. The van der Waals surface area contributed by atoms with Crippen LogP contribution in [0.5, 0.6) is 0 Å². The molecular formula is C9H13NO. The summed E-state index contributed by atoms with van der Waals surface area (Å²) in [7, 11) is 0. The maximum absolute atomic E-state index is 10.4. The Labute approximate surface area is 66.8 Å². The smallest absolute Gasteiger partial charge is 0.124 e. The van der Waals surface area contributed by atoms with Gasteiger partial charge in [-0.05, 0) is 19.1 Å². The summed E-state index contributed by atoms with van der Waals surface area (Å²) in [5, 5.41) is 0. The van der Waals surface area contributed by atoms with E-state index in [1.54, 1.807) is 0 Å². The monoisotopic (exact) mass is 151 g/mol. The molecule has 1 aromatic heterocycles. The molecule has 0 aliphatic carbocycles. The molecule has 0 fully saturated rings. The maximum atomic E-state index is 10.4. The van der Waals surface area contributed by atoms with Crippen molar-refractivity contribution in [1.29, 1.82) is 0 Å². The van der Waals surface area contributed by atoms with E-state index in [4.69, 9.17) is 0 Å². The van der Waals surface area contributed by atoms with Gasteiger partial charge in [0.1, 0.15) is 6.29 Å². The molecule has 2 atom stereocenters. The van der Waals surface area contributed by atoms with Crippen LogP contribution in [0.1, 0.15) is 19.9 Å². The van der Waals surface area contributed by atoms with E-state index in [9.17, 15) is 4.79 Å². The van der Waals surface area contributed by atoms with Crippen LogP contribution in [-0.4, -0.2) is 10.9 Å². The zero-order valence-corrected chi connectivity index (χ0v) is 6.90. The first kappa shape index (κ1) is 8.05. The largest absolute Gasteiger partial charge is 0.351 e. The van der Waals surface area contributed by atoms with Gasteiger partial charge in [0.15, 0.2) is 0 Å². The average Bonchev–Trinajstić information content (AvgIpc) is 2.53. The van der Waals surface area contributed by atoms with Crippen molar-refractivity contribution in [2.24, 2.45) is 5.92 Å². The van der Waals surface area contributed by atoms with Crippen molar-refractivity contribution < 1.29 is 4.79 Å². The van der Waals surface area contributed by atoms with Crippen molar-refractivity contribution in [2.75, 3.05) is 0 Å². The fraction of sp³-hybridized carbons (Fsp3) is 0.444. The van der Waals surface area contributed by atoms with Crippen LogP contribution in [0.2, 0.25) is 0 Å². The van der Waals surface area contributed by atoms with Crippen molar-refractivity contribution in [2.45, 2.75) is 19.9 Å². The van der Waals surface area contributed by atoms with Crippen LogP contribution >= 0.6 is 0 Å². The van der Waals surface area contributed by atoms with Crippen LogP contribution in [0.3, 0.4) is 0 Å². The fourth-order valence-corrected chi connectivity index (χ4v) is 1.00. The number of hydrogen-bond donors (Lipinski definition) is 0. The molecule has 1 heterocycles. The van der Waals surface area contributed by atoms with E-state index < -0.39 is 0 Å². The lowest BCUT2D eigenvalue weighted by Crippen LogP contribution is -2.13. The van der Waals surface area contributed by atoms with Gasteiger partial charge in [0, 0.05) is 24.4 Å². The summed E-state index contributed by atoms with van der Waals surface area (Å²) < 4.78 is 2.04. The van der Waals surface area contributed by atoms with E-state index >= 15 is 0 Å². The Bertz CT molecular complexity index is 215. The number of aldehydes is 1. The molecule has 0 saturated carbocycles. The third-order valence-corrected chi connectivity index (χ3v) is 2.07. The number of rotatable bonds is 3. The summed E-state index contributed by atoms with van der Waals surface area (Å²) in [6.07, 6.45) is 4.94. The van der Waals surface area contributed by atoms with Gasteiger partial charge in [-0.1, -0.05) is 6.92 Å². The van der Waals surface area contributed by atoms with E-state index in [0.717, 1.165) is 6.29 Å². The van der Waals surface area contributed by atoms with Gasteiger partial charge in [0.05, 0.1) is 0 Å². The van der Waals surface area contributed by atoms with Crippen molar-refractivity contribution in [3.8, 4) is 0 Å². The topological polar surface area (TPSA) is 22.0 Å². The molecule has 0 N–H and O–H groups in total. The molecule has 60 valence electrons. The molecule has 2 nitrogen and oxygen atoms in total. The van der Waals surface area contributed by atoms with Crippen LogP contribution in [0.25, 0.3) is 0 Å². The highest BCUT2D eigenvalue weighted by Crippen LogP contribution is 2.14. The van der Waals surface area contributed by atoms with E-state index in [1.165, 1.54) is 0 Å². The van der Waals surface area contributed by atoms with Crippen molar-refractivity contribution in [3.63, 3.8) is 0 Å². The van der Waals surface area contributed by atoms with E-state index in [-0.39, 0.29) is 12.0 Å². The Kier molecular flexibility index (Phi) is 2.47. The van der Waals surface area contributed by atoms with Gasteiger partial charge in [0.2, 0.25) is 0 Å². The Morgan fingerprint density at radius 1 is 1.27 bits per heavy atom. The summed E-state index contributed by atoms with van der Waals surface area (Å²) in [6.45, 7) is 3.97. The predicted octanol–water partition coefficient (Wildman–Crippen LogP) is 1.88. The molecule has 1 unspecified atom stereocenters. The molecule has 1 rings (SSSR count). The third kappa shape index (κ3) is 1.70. The van der Waals surface area contributed by atoms with Crippen LogP contribution in [0, 0.1) is 5.92 Å². The zero-order chi connectivity index (χ0) is 8.27. The summed E-state index contributed by atoms with van der Waals surface area (Å²) in [4.78, 5) is 10.4. The quantitative estimate of drug-likeness (QED) is 0.604. The maximum Gasteiger partial charge on any atom is 0.124 e. The molecule has 0 radical (unpaired) electrons. The second-order valence-electron chi connectivity index (χ2n) is 2.87. The van der Waals surface area contributed by atoms with Crippen LogP contribution in [-0.2, 0) is 4.79 Å². The number of aromatic nitrogens is 1. The van der Waals surface area contributed by atoms with E-state index in [0.29, 0.717) is 0 Å². The van der Waals surface area contributed by atoms with Gasteiger partial charge in [0.25, 0.3) is 0 Å². The minimum Gasteiger partial charge on any atom is -0.351 e. The highest BCUT2D eigenvalue weighted by molar-refractivity contribution is 5.53. The molecule has 2 heteroatoms. The van der Waals surface area contributed by atoms with E-state index in [1.807, 2.05) is 42.9 Å². The molecule has 0 saturated heterocycles. The molecular weight excluding hydrogens is 138 g/mol. The van der Waals surface area contributed by atoms with Gasteiger partial charge in [-0.3, -0.25) is 0 Å². The van der Waals surface area contributed by atoms with Gasteiger partial charge >= 0.3 is 0 Å². The molecule has 0 bridgehead atoms. The summed E-state index contributed by atoms with van der Waals surface area (Å²) in [6, 6.07) is 4.20. The minimum absolute atomic E-state index is 0.0856. The number of hydrogen-bond acceptors (Lipinski definition) is 1. The van der Waals surface area contributed by atoms with Crippen LogP contribution in [0.15, 0.2) is 24.5 Å². The predicted molar refractivity (Wildman–Crippen MR) is 44.4 cm³/mol. The van der Waals surface area contributed by atoms with Gasteiger partial charge in [-0.2, -0.15) is 0 Å². The Morgan fingerprint density at radius 2 is 1.82 bits per heavy atom. The standard InChI is InChI=1S/C9H13NO/c1-8(7-11)9(2)10-5-3-4-6-10/h3-9H,1-2H3/t8?,9-/m1/s1. The van der Waals surface area contributed by atoms with Crippen molar-refractivity contribution in [3.05, 3.63) is 24.5 Å². The SMILES string of the molecule is CC(C=O)[C@@H](C)n1cccc1. The minimum atomic E-state index is 0.0856. The van der Waals surface area contributed by atoms with Crippen LogP contribution < -0.4 is 0 Å². The first-order chi connectivity index (χ1) is 5.25. The normalized spacial score (nSPS) is 15.8. The fourth-order valence-electron chi connectivity index (χ4n) is 1.00. The summed E-state index contributed by atoms with van der Waals surface area (Å²) in [5.41, 5.74) is 0. The molecule has 11 heavy (non-hydrogen) atoms. The Balaban J connectivity index is 2.69. The second kappa shape index (κ2) is 3.37. The highest BCUT2D eigenvalue weighted by atomic mass is 16.1. The number of carbonyl (C=O) groups excluding carboxylic acids is 1. The molecule has 0 spiro atoms. The summed E-state index contributed by atoms with van der Waals surface area (Å²) >= 11 is 0.